The van der Waals surface area contributed by atoms with Gasteiger partial charge in [-0.25, -0.2) is 4.98 Å². The molecular formula is C21H25N5OS. The Kier molecular flexibility index (Phi) is 3.86. The summed E-state index contributed by atoms with van der Waals surface area (Å²) in [5.74, 6) is 2.57. The second-order valence-corrected chi connectivity index (χ2v) is 10.2. The number of hydrogen-bond donors (Lipinski definition) is 3. The molecule has 7 heteroatoms. The summed E-state index contributed by atoms with van der Waals surface area (Å²) in [5.41, 5.74) is 13.0. The Labute approximate surface area is 168 Å². The van der Waals surface area contributed by atoms with Crippen LogP contribution in [0.2, 0.25) is 0 Å². The van der Waals surface area contributed by atoms with Crippen LogP contribution in [-0.2, 0) is 0 Å². The van der Waals surface area contributed by atoms with E-state index in [0.29, 0.717) is 20.8 Å². The van der Waals surface area contributed by atoms with Crippen LogP contribution in [0.4, 0.5) is 11.5 Å². The fourth-order valence-electron chi connectivity index (χ4n) is 6.44. The van der Waals surface area contributed by atoms with Gasteiger partial charge in [0.25, 0.3) is 5.91 Å². The molecule has 0 aliphatic heterocycles. The smallest absolute Gasteiger partial charge is 0.263 e. The number of hydrogen-bond acceptors (Lipinski definition) is 6. The maximum Gasteiger partial charge on any atom is 0.263 e. The molecule has 5 N–H and O–H groups in total. The van der Waals surface area contributed by atoms with E-state index in [0.717, 1.165) is 17.8 Å². The van der Waals surface area contributed by atoms with E-state index in [2.05, 4.69) is 17.2 Å². The Morgan fingerprint density at radius 2 is 1.89 bits per heavy atom. The number of nitrogens with two attached hydrogens (primary N) is 2. The van der Waals surface area contributed by atoms with Crippen molar-refractivity contribution in [1.82, 2.24) is 10.3 Å². The van der Waals surface area contributed by atoms with Crippen LogP contribution in [0.3, 0.4) is 0 Å². The first-order chi connectivity index (χ1) is 13.4. The van der Waals surface area contributed by atoms with Crippen molar-refractivity contribution in [2.24, 2.45) is 23.2 Å². The summed E-state index contributed by atoms with van der Waals surface area (Å²) in [6.45, 7) is 2.17. The van der Waals surface area contributed by atoms with E-state index >= 15 is 0 Å². The lowest BCUT2D eigenvalue weighted by molar-refractivity contribution is -0.0687. The van der Waals surface area contributed by atoms with Gasteiger partial charge in [-0.3, -0.25) is 4.79 Å². The van der Waals surface area contributed by atoms with Crippen LogP contribution < -0.4 is 16.8 Å². The van der Waals surface area contributed by atoms with Gasteiger partial charge in [0.05, 0.1) is 11.3 Å². The summed E-state index contributed by atoms with van der Waals surface area (Å²) in [5, 5.41) is 13.1. The molecule has 6 nitrogen and oxygen atoms in total. The molecule has 4 bridgehead atoms. The molecule has 1 amide bonds. The fourth-order valence-corrected chi connectivity index (χ4v) is 7.42. The Bertz CT molecular complexity index is 985. The summed E-state index contributed by atoms with van der Waals surface area (Å²) < 4.78 is 0. The topological polar surface area (TPSA) is 118 Å². The van der Waals surface area contributed by atoms with Crippen molar-refractivity contribution in [1.29, 1.82) is 5.26 Å². The van der Waals surface area contributed by atoms with Gasteiger partial charge in [-0.05, 0) is 74.7 Å². The summed E-state index contributed by atoms with van der Waals surface area (Å²) in [6, 6.07) is 3.78. The van der Waals surface area contributed by atoms with Gasteiger partial charge in [0.1, 0.15) is 21.6 Å². The maximum absolute atomic E-state index is 13.1. The lowest BCUT2D eigenvalue weighted by Gasteiger charge is -2.59. The number of amides is 1. The molecule has 2 aromatic rings. The lowest BCUT2D eigenvalue weighted by atomic mass is 9.48. The summed E-state index contributed by atoms with van der Waals surface area (Å²) in [6.07, 6.45) is 7.89. The van der Waals surface area contributed by atoms with Gasteiger partial charge >= 0.3 is 0 Å². The molecular weight excluding hydrogens is 370 g/mol. The van der Waals surface area contributed by atoms with Crippen molar-refractivity contribution < 1.29 is 4.79 Å². The SMILES string of the molecule is C[C@H](NC(=O)c1sc2nc(N)c(C#N)cc2c1N)C12CC3CC(CC(C3)C1)C2. The number of fused-ring (bicyclic) bond motifs is 1. The van der Waals surface area contributed by atoms with Gasteiger partial charge < -0.3 is 16.8 Å². The van der Waals surface area contributed by atoms with Crippen LogP contribution in [0.15, 0.2) is 6.07 Å². The molecule has 4 fully saturated rings. The minimum absolute atomic E-state index is 0.130. The second kappa shape index (κ2) is 6.08. The molecule has 2 aromatic heterocycles. The van der Waals surface area contributed by atoms with Gasteiger partial charge in [-0.15, -0.1) is 11.3 Å². The monoisotopic (exact) mass is 395 g/mol. The predicted molar refractivity (Wildman–Crippen MR) is 111 cm³/mol. The summed E-state index contributed by atoms with van der Waals surface area (Å²) in [7, 11) is 0. The largest absolute Gasteiger partial charge is 0.397 e. The molecule has 2 heterocycles. The number of nitriles is 1. The molecule has 146 valence electrons. The van der Waals surface area contributed by atoms with E-state index in [-0.39, 0.29) is 28.7 Å². The highest BCUT2D eigenvalue weighted by atomic mass is 32.1. The zero-order valence-electron chi connectivity index (χ0n) is 16.0. The third-order valence-corrected chi connectivity index (χ3v) is 8.54. The Balaban J connectivity index is 1.41. The van der Waals surface area contributed by atoms with Crippen molar-refractivity contribution in [3.05, 3.63) is 16.5 Å². The molecule has 0 unspecified atom stereocenters. The third-order valence-electron chi connectivity index (χ3n) is 7.43. The molecule has 4 aliphatic carbocycles. The number of thiophene rings is 1. The Morgan fingerprint density at radius 3 is 2.46 bits per heavy atom. The molecule has 4 saturated carbocycles. The molecule has 4 aliphatic rings. The minimum atomic E-state index is -0.138. The number of pyridine rings is 1. The number of nitrogen functional groups attached to an aromatic ring is 2. The van der Waals surface area contributed by atoms with Gasteiger partial charge in [-0.2, -0.15) is 5.26 Å². The van der Waals surface area contributed by atoms with Gasteiger partial charge in [-0.1, -0.05) is 0 Å². The van der Waals surface area contributed by atoms with E-state index in [4.69, 9.17) is 16.7 Å². The predicted octanol–water partition coefficient (Wildman–Crippen LogP) is 3.67. The highest BCUT2D eigenvalue weighted by Gasteiger charge is 2.53. The van der Waals surface area contributed by atoms with Crippen molar-refractivity contribution in [2.75, 3.05) is 11.5 Å². The van der Waals surface area contributed by atoms with Crippen LogP contribution in [0.25, 0.3) is 10.2 Å². The zero-order valence-corrected chi connectivity index (χ0v) is 16.8. The number of anilines is 2. The van der Waals surface area contributed by atoms with E-state index in [9.17, 15) is 4.79 Å². The second-order valence-electron chi connectivity index (χ2n) is 9.21. The molecule has 0 radical (unpaired) electrons. The van der Waals surface area contributed by atoms with Crippen LogP contribution in [0.1, 0.15) is 60.7 Å². The van der Waals surface area contributed by atoms with Crippen LogP contribution in [0, 0.1) is 34.5 Å². The Morgan fingerprint density at radius 1 is 1.29 bits per heavy atom. The number of aromatic nitrogens is 1. The van der Waals surface area contributed by atoms with Crippen LogP contribution >= 0.6 is 11.3 Å². The number of nitrogens with zero attached hydrogens (tertiary/aromatic N) is 2. The summed E-state index contributed by atoms with van der Waals surface area (Å²) in [4.78, 5) is 18.4. The van der Waals surface area contributed by atoms with E-state index in [1.54, 1.807) is 6.07 Å². The lowest BCUT2D eigenvalue weighted by Crippen LogP contribution is -2.55. The number of rotatable bonds is 3. The van der Waals surface area contributed by atoms with E-state index < -0.39 is 0 Å². The average molecular weight is 396 g/mol. The molecule has 6 rings (SSSR count). The first-order valence-electron chi connectivity index (χ1n) is 10.1. The quantitative estimate of drug-likeness (QED) is 0.733. The Hall–Kier alpha value is -2.33. The summed E-state index contributed by atoms with van der Waals surface area (Å²) >= 11 is 1.25. The molecule has 1 atom stereocenters. The number of carbonyl (C=O) groups excluding carboxylic acids is 1. The van der Waals surface area contributed by atoms with E-state index in [1.165, 1.54) is 49.9 Å². The van der Waals surface area contributed by atoms with Gasteiger partial charge in [0.2, 0.25) is 0 Å². The molecule has 0 saturated heterocycles. The first-order valence-corrected chi connectivity index (χ1v) is 10.9. The first kappa shape index (κ1) is 17.7. The van der Waals surface area contributed by atoms with Crippen molar-refractivity contribution >= 4 is 39.0 Å². The molecule has 28 heavy (non-hydrogen) atoms. The van der Waals surface area contributed by atoms with E-state index in [1.807, 2.05) is 6.07 Å². The van der Waals surface area contributed by atoms with Crippen molar-refractivity contribution in [3.8, 4) is 6.07 Å². The highest BCUT2D eigenvalue weighted by Crippen LogP contribution is 2.61. The zero-order chi connectivity index (χ0) is 19.6. The number of nitrogens with one attached hydrogen (secondary N) is 1. The van der Waals surface area contributed by atoms with Gasteiger partial charge in [0.15, 0.2) is 0 Å². The molecule has 0 spiro atoms. The fraction of sp³-hybridized carbons (Fsp3) is 0.571. The number of carbonyl (C=O) groups is 1. The van der Waals surface area contributed by atoms with Crippen molar-refractivity contribution in [3.63, 3.8) is 0 Å². The van der Waals surface area contributed by atoms with Crippen LogP contribution in [0.5, 0.6) is 0 Å². The highest BCUT2D eigenvalue weighted by molar-refractivity contribution is 7.21. The molecule has 0 aromatic carbocycles. The van der Waals surface area contributed by atoms with Crippen molar-refractivity contribution in [2.45, 2.75) is 51.5 Å². The average Bonchev–Trinajstić information content (AvgIpc) is 2.95. The maximum atomic E-state index is 13.1. The van der Waals surface area contributed by atoms with Gasteiger partial charge in [0, 0.05) is 11.4 Å². The minimum Gasteiger partial charge on any atom is -0.397 e. The van der Waals surface area contributed by atoms with Crippen LogP contribution in [-0.4, -0.2) is 16.9 Å². The normalized spacial score (nSPS) is 31.6. The third kappa shape index (κ3) is 2.58. The standard InChI is InChI=1S/C21H25N5OS/c1-10(21-6-11-2-12(7-21)4-13(3-11)8-21)25-19(27)17-16(23)15-5-14(9-22)18(24)26-20(15)28-17/h5,10-13H,2-4,6-8,23H2,1H3,(H2,24,26)(H,25,27)/t10-,11?,12?,13?,21?/m0/s1.